The smallest absolute Gasteiger partial charge is 0.326 e. The van der Waals surface area contributed by atoms with Crippen LogP contribution in [0.25, 0.3) is 0 Å². The Morgan fingerprint density at radius 3 is 1.62 bits per heavy atom. The maximum Gasteiger partial charge on any atom is 0.326 e. The number of rotatable bonds is 26. The summed E-state index contributed by atoms with van der Waals surface area (Å²) in [5, 5.41) is 11.8. The summed E-state index contributed by atoms with van der Waals surface area (Å²) >= 11 is 1.60. The van der Waals surface area contributed by atoms with Gasteiger partial charge in [-0.15, -0.1) is 0 Å². The predicted molar refractivity (Wildman–Crippen MR) is 150 cm³/mol. The van der Waals surface area contributed by atoms with E-state index in [0.29, 0.717) is 12.8 Å². The highest BCUT2D eigenvalue weighted by atomic mass is 32.2. The van der Waals surface area contributed by atoms with Gasteiger partial charge in [0.2, 0.25) is 5.91 Å². The van der Waals surface area contributed by atoms with Gasteiger partial charge in [0, 0.05) is 6.42 Å². The lowest BCUT2D eigenvalue weighted by Gasteiger charge is -2.13. The maximum absolute atomic E-state index is 11.9. The van der Waals surface area contributed by atoms with Crippen molar-refractivity contribution >= 4 is 23.6 Å². The van der Waals surface area contributed by atoms with Crippen LogP contribution in [0.15, 0.2) is 12.2 Å². The highest BCUT2D eigenvalue weighted by molar-refractivity contribution is 7.98. The van der Waals surface area contributed by atoms with Crippen LogP contribution in [0, 0.1) is 0 Å². The van der Waals surface area contributed by atoms with E-state index >= 15 is 0 Å². The quantitative estimate of drug-likeness (QED) is 0.0926. The Labute approximate surface area is 215 Å². The molecule has 0 saturated heterocycles. The van der Waals surface area contributed by atoms with E-state index in [1.165, 1.54) is 109 Å². The molecule has 0 aliphatic carbocycles. The summed E-state index contributed by atoms with van der Waals surface area (Å²) in [5.41, 5.74) is 0. The average Bonchev–Trinajstić information content (AvgIpc) is 2.82. The molecule has 5 heteroatoms. The van der Waals surface area contributed by atoms with E-state index in [4.69, 9.17) is 5.11 Å². The van der Waals surface area contributed by atoms with E-state index < -0.39 is 12.0 Å². The van der Waals surface area contributed by atoms with Gasteiger partial charge in [-0.05, 0) is 50.5 Å². The van der Waals surface area contributed by atoms with Crippen LogP contribution in [0.2, 0.25) is 0 Å². The molecule has 1 unspecified atom stereocenters. The van der Waals surface area contributed by atoms with Crippen molar-refractivity contribution in [3.63, 3.8) is 0 Å². The third kappa shape index (κ3) is 24.2. The molecule has 0 aromatic heterocycles. The number of carbonyl (C=O) groups is 2. The zero-order valence-electron chi connectivity index (χ0n) is 22.5. The Kier molecular flexibility index (Phi) is 25.9. The van der Waals surface area contributed by atoms with Gasteiger partial charge in [-0.25, -0.2) is 4.79 Å². The Balaban J connectivity index is 3.34. The van der Waals surface area contributed by atoms with Gasteiger partial charge in [-0.1, -0.05) is 109 Å². The second-order valence-electron chi connectivity index (χ2n) is 9.70. The number of amides is 1. The van der Waals surface area contributed by atoms with Gasteiger partial charge in [-0.3, -0.25) is 4.79 Å². The minimum absolute atomic E-state index is 0.123. The fraction of sp³-hybridized carbons (Fsp3) is 0.862. The summed E-state index contributed by atoms with van der Waals surface area (Å²) in [5.74, 6) is -0.312. The van der Waals surface area contributed by atoms with Gasteiger partial charge in [0.15, 0.2) is 0 Å². The van der Waals surface area contributed by atoms with Crippen molar-refractivity contribution in [2.24, 2.45) is 0 Å². The van der Waals surface area contributed by atoms with Crippen LogP contribution in [-0.4, -0.2) is 35.0 Å². The summed E-state index contributed by atoms with van der Waals surface area (Å²) in [6, 6.07) is -0.744. The zero-order chi connectivity index (χ0) is 25.1. The molecule has 0 aromatic carbocycles. The van der Waals surface area contributed by atoms with E-state index in [0.717, 1.165) is 18.6 Å². The molecule has 0 bridgehead atoms. The summed E-state index contributed by atoms with van der Waals surface area (Å²) in [6.45, 7) is 2.27. The lowest BCUT2D eigenvalue weighted by molar-refractivity contribution is -0.141. The normalized spacial score (nSPS) is 12.3. The van der Waals surface area contributed by atoms with Crippen LogP contribution < -0.4 is 5.32 Å². The number of unbranched alkanes of at least 4 members (excludes halogenated alkanes) is 17. The molecule has 4 nitrogen and oxygen atoms in total. The fourth-order valence-electron chi connectivity index (χ4n) is 4.18. The maximum atomic E-state index is 11.9. The molecular weight excluding hydrogens is 442 g/mol. The minimum atomic E-state index is -0.932. The van der Waals surface area contributed by atoms with Gasteiger partial charge in [0.05, 0.1) is 0 Å². The molecular formula is C29H55NO3S. The Morgan fingerprint density at radius 1 is 0.735 bits per heavy atom. The van der Waals surface area contributed by atoms with Gasteiger partial charge in [-0.2, -0.15) is 11.8 Å². The lowest BCUT2D eigenvalue weighted by Crippen LogP contribution is -2.41. The summed E-state index contributed by atoms with van der Waals surface area (Å²) < 4.78 is 0. The van der Waals surface area contributed by atoms with Gasteiger partial charge in [0.25, 0.3) is 0 Å². The van der Waals surface area contributed by atoms with Gasteiger partial charge < -0.3 is 10.4 Å². The molecule has 0 saturated carbocycles. The summed E-state index contributed by atoms with van der Waals surface area (Å²) in [7, 11) is 0. The average molecular weight is 498 g/mol. The first-order valence-corrected chi connectivity index (χ1v) is 15.7. The van der Waals surface area contributed by atoms with Crippen LogP contribution in [0.1, 0.15) is 142 Å². The van der Waals surface area contributed by atoms with Gasteiger partial charge >= 0.3 is 5.97 Å². The van der Waals surface area contributed by atoms with Gasteiger partial charge in [0.1, 0.15) is 6.04 Å². The zero-order valence-corrected chi connectivity index (χ0v) is 23.3. The third-order valence-corrected chi connectivity index (χ3v) is 7.05. The monoisotopic (exact) mass is 497 g/mol. The Bertz CT molecular complexity index is 496. The number of carboxylic acid groups (broad SMARTS) is 1. The summed E-state index contributed by atoms with van der Waals surface area (Å²) in [6.07, 6.45) is 32.2. The third-order valence-electron chi connectivity index (χ3n) is 6.41. The first-order chi connectivity index (χ1) is 16.6. The van der Waals surface area contributed by atoms with E-state index in [-0.39, 0.29) is 5.91 Å². The van der Waals surface area contributed by atoms with Crippen molar-refractivity contribution < 1.29 is 14.7 Å². The molecule has 0 heterocycles. The molecule has 0 spiro atoms. The molecule has 2 N–H and O–H groups in total. The molecule has 200 valence electrons. The molecule has 0 rings (SSSR count). The first kappa shape index (κ1) is 33.0. The van der Waals surface area contributed by atoms with Crippen molar-refractivity contribution in [1.29, 1.82) is 0 Å². The second kappa shape index (κ2) is 26.6. The van der Waals surface area contributed by atoms with Crippen LogP contribution in [-0.2, 0) is 9.59 Å². The van der Waals surface area contributed by atoms with Crippen LogP contribution in [0.5, 0.6) is 0 Å². The highest BCUT2D eigenvalue weighted by Gasteiger charge is 2.18. The van der Waals surface area contributed by atoms with Crippen LogP contribution in [0.3, 0.4) is 0 Å². The fourth-order valence-corrected chi connectivity index (χ4v) is 4.65. The number of hydrogen-bond donors (Lipinski definition) is 2. The lowest BCUT2D eigenvalue weighted by atomic mass is 10.0. The van der Waals surface area contributed by atoms with Crippen molar-refractivity contribution in [2.45, 2.75) is 148 Å². The first-order valence-electron chi connectivity index (χ1n) is 14.3. The molecule has 0 aromatic rings. The largest absolute Gasteiger partial charge is 0.480 e. The number of carbonyl (C=O) groups excluding carboxylic acids is 1. The molecule has 0 fully saturated rings. The molecule has 0 aliphatic heterocycles. The van der Waals surface area contributed by atoms with Crippen molar-refractivity contribution in [3.8, 4) is 0 Å². The number of aliphatic carboxylic acids is 1. The molecule has 1 amide bonds. The molecule has 0 aliphatic rings. The highest BCUT2D eigenvalue weighted by Crippen LogP contribution is 2.13. The van der Waals surface area contributed by atoms with E-state index in [1.54, 1.807) is 11.8 Å². The number of thioether (sulfide) groups is 1. The van der Waals surface area contributed by atoms with Crippen LogP contribution >= 0.6 is 11.8 Å². The van der Waals surface area contributed by atoms with E-state index in [9.17, 15) is 9.59 Å². The number of hydrogen-bond acceptors (Lipinski definition) is 3. The van der Waals surface area contributed by atoms with Crippen molar-refractivity contribution in [1.82, 2.24) is 5.32 Å². The number of carboxylic acids is 1. The molecule has 34 heavy (non-hydrogen) atoms. The second-order valence-corrected chi connectivity index (χ2v) is 10.7. The Hall–Kier alpha value is -0.970. The van der Waals surface area contributed by atoms with Crippen molar-refractivity contribution in [3.05, 3.63) is 12.2 Å². The molecule has 0 radical (unpaired) electrons. The number of nitrogens with one attached hydrogen (secondary N) is 1. The predicted octanol–water partition coefficient (Wildman–Crippen LogP) is 8.69. The van der Waals surface area contributed by atoms with Crippen LogP contribution in [0.4, 0.5) is 0 Å². The van der Waals surface area contributed by atoms with E-state index in [2.05, 4.69) is 24.4 Å². The van der Waals surface area contributed by atoms with E-state index in [1.807, 2.05) is 6.26 Å². The summed E-state index contributed by atoms with van der Waals surface area (Å²) in [4.78, 5) is 23.1. The molecule has 1 atom stereocenters. The topological polar surface area (TPSA) is 66.4 Å². The number of allylic oxidation sites excluding steroid dienone is 2. The Morgan fingerprint density at radius 2 is 1.18 bits per heavy atom. The minimum Gasteiger partial charge on any atom is -0.480 e. The standard InChI is InChI=1S/C29H55NO3S/c1-3-4-5-6-7-8-9-10-11-12-13-14-15-16-17-18-19-20-21-22-23-24-28(31)30-27(29(32)33)25-26-34-2/h10-11,27H,3-9,12-26H2,1-2H3,(H,30,31)(H,32,33)/b11-10+. The van der Waals surface area contributed by atoms with Crippen molar-refractivity contribution in [2.75, 3.05) is 12.0 Å². The SMILES string of the molecule is CCCCCCCC/C=C/CCCCCCCCCCCCCC(=O)NC(CCSC)C(=O)O.